The minimum Gasteiger partial charge on any atom is -0.332 e. The van der Waals surface area contributed by atoms with Gasteiger partial charge in [-0.3, -0.25) is 4.98 Å². The first kappa shape index (κ1) is 15.7. The van der Waals surface area contributed by atoms with E-state index in [0.29, 0.717) is 13.1 Å². The first-order valence-electron chi connectivity index (χ1n) is 7.70. The van der Waals surface area contributed by atoms with Crippen LogP contribution in [0.25, 0.3) is 5.69 Å². The molecule has 0 aliphatic rings. The summed E-state index contributed by atoms with van der Waals surface area (Å²) < 4.78 is 1.80. The molecule has 0 unspecified atom stereocenters. The molecule has 0 saturated carbocycles. The van der Waals surface area contributed by atoms with Gasteiger partial charge in [0.1, 0.15) is 0 Å². The van der Waals surface area contributed by atoms with Crippen LogP contribution in [0.15, 0.2) is 67.1 Å². The molecule has 3 aromatic rings. The summed E-state index contributed by atoms with van der Waals surface area (Å²) in [5.74, 6) is 0. The molecule has 0 atom stereocenters. The standard InChI is InChI=1S/C18H19N5O/c1-22(18(24)20-12-16-7-5-6-10-19-16)13-15-11-21-23(14-15)17-8-3-2-4-9-17/h2-11,14H,12-13H2,1H3,(H,20,24). The second kappa shape index (κ2) is 7.41. The van der Waals surface area contributed by atoms with E-state index < -0.39 is 0 Å². The molecule has 1 aromatic carbocycles. The predicted molar refractivity (Wildman–Crippen MR) is 91.5 cm³/mol. The molecular weight excluding hydrogens is 302 g/mol. The summed E-state index contributed by atoms with van der Waals surface area (Å²) in [5, 5.41) is 7.20. The molecule has 6 nitrogen and oxygen atoms in total. The van der Waals surface area contributed by atoms with Gasteiger partial charge in [0, 0.05) is 25.0 Å². The second-order valence-electron chi connectivity index (χ2n) is 5.46. The number of aromatic nitrogens is 3. The van der Waals surface area contributed by atoms with Gasteiger partial charge in [-0.25, -0.2) is 9.48 Å². The fourth-order valence-electron chi connectivity index (χ4n) is 2.31. The van der Waals surface area contributed by atoms with Gasteiger partial charge in [0.05, 0.1) is 30.7 Å². The number of nitrogens with zero attached hydrogens (tertiary/aromatic N) is 4. The lowest BCUT2D eigenvalue weighted by Gasteiger charge is -2.16. The SMILES string of the molecule is CN(Cc1cnn(-c2ccccc2)c1)C(=O)NCc1ccccn1. The van der Waals surface area contributed by atoms with Crippen LogP contribution in [0.5, 0.6) is 0 Å². The smallest absolute Gasteiger partial charge is 0.317 e. The maximum atomic E-state index is 12.2. The number of benzene rings is 1. The molecule has 1 N–H and O–H groups in total. The van der Waals surface area contributed by atoms with Crippen LogP contribution in [0.3, 0.4) is 0 Å². The van der Waals surface area contributed by atoms with Crippen LogP contribution in [0.2, 0.25) is 0 Å². The maximum Gasteiger partial charge on any atom is 0.317 e. The average molecular weight is 321 g/mol. The molecular formula is C18H19N5O. The summed E-state index contributed by atoms with van der Waals surface area (Å²) in [6.07, 6.45) is 5.41. The van der Waals surface area contributed by atoms with Gasteiger partial charge in [0.15, 0.2) is 0 Å². The lowest BCUT2D eigenvalue weighted by molar-refractivity contribution is 0.206. The Bertz CT molecular complexity index is 785. The quantitative estimate of drug-likeness (QED) is 0.786. The highest BCUT2D eigenvalue weighted by Gasteiger charge is 2.10. The van der Waals surface area contributed by atoms with E-state index in [1.807, 2.05) is 54.7 Å². The summed E-state index contributed by atoms with van der Waals surface area (Å²) in [6, 6.07) is 15.4. The molecule has 0 radical (unpaired) electrons. The Morgan fingerprint density at radius 3 is 2.71 bits per heavy atom. The van der Waals surface area contributed by atoms with Crippen molar-refractivity contribution < 1.29 is 4.79 Å². The first-order chi connectivity index (χ1) is 11.7. The number of carbonyl (C=O) groups is 1. The van der Waals surface area contributed by atoms with Gasteiger partial charge < -0.3 is 10.2 Å². The lowest BCUT2D eigenvalue weighted by atomic mass is 10.3. The van der Waals surface area contributed by atoms with Crippen LogP contribution in [-0.4, -0.2) is 32.7 Å². The Morgan fingerprint density at radius 1 is 1.17 bits per heavy atom. The van der Waals surface area contributed by atoms with Gasteiger partial charge in [-0.15, -0.1) is 0 Å². The summed E-state index contributed by atoms with van der Waals surface area (Å²) >= 11 is 0. The molecule has 0 aliphatic carbocycles. The van der Waals surface area contributed by atoms with Gasteiger partial charge >= 0.3 is 6.03 Å². The van der Waals surface area contributed by atoms with Gasteiger partial charge in [-0.1, -0.05) is 24.3 Å². The molecule has 0 aliphatic heterocycles. The Hall–Kier alpha value is -3.15. The Balaban J connectivity index is 1.55. The van der Waals surface area contributed by atoms with Crippen molar-refractivity contribution in [2.45, 2.75) is 13.1 Å². The first-order valence-corrected chi connectivity index (χ1v) is 7.70. The van der Waals surface area contributed by atoms with Crippen LogP contribution >= 0.6 is 0 Å². The van der Waals surface area contributed by atoms with E-state index in [9.17, 15) is 4.79 Å². The number of amides is 2. The monoisotopic (exact) mass is 321 g/mol. The third-order valence-corrected chi connectivity index (χ3v) is 3.57. The van der Waals surface area contributed by atoms with Crippen LogP contribution in [0.4, 0.5) is 4.79 Å². The Kier molecular flexibility index (Phi) is 4.86. The number of para-hydroxylation sites is 1. The van der Waals surface area contributed by atoms with Crippen LogP contribution in [-0.2, 0) is 13.1 Å². The minimum absolute atomic E-state index is 0.145. The molecule has 122 valence electrons. The van der Waals surface area contributed by atoms with Crippen molar-refractivity contribution >= 4 is 6.03 Å². The molecule has 2 heterocycles. The zero-order chi connectivity index (χ0) is 16.8. The molecule has 0 fully saturated rings. The van der Waals surface area contributed by atoms with E-state index >= 15 is 0 Å². The van der Waals surface area contributed by atoms with E-state index in [2.05, 4.69) is 15.4 Å². The third kappa shape index (κ3) is 3.98. The van der Waals surface area contributed by atoms with Crippen molar-refractivity contribution in [2.24, 2.45) is 0 Å². The number of hydrogen-bond donors (Lipinski definition) is 1. The summed E-state index contributed by atoms with van der Waals surface area (Å²) in [6.45, 7) is 0.897. The normalized spacial score (nSPS) is 10.4. The lowest BCUT2D eigenvalue weighted by Crippen LogP contribution is -2.36. The zero-order valence-corrected chi connectivity index (χ0v) is 13.5. The molecule has 3 rings (SSSR count). The van der Waals surface area contributed by atoms with Crippen molar-refractivity contribution in [1.82, 2.24) is 25.0 Å². The summed E-state index contributed by atoms with van der Waals surface area (Å²) in [7, 11) is 1.76. The van der Waals surface area contributed by atoms with Crippen molar-refractivity contribution in [1.29, 1.82) is 0 Å². The van der Waals surface area contributed by atoms with E-state index in [0.717, 1.165) is 16.9 Å². The Morgan fingerprint density at radius 2 is 1.96 bits per heavy atom. The number of carbonyl (C=O) groups excluding carboxylic acids is 1. The topological polar surface area (TPSA) is 63.1 Å². The summed E-state index contributed by atoms with van der Waals surface area (Å²) in [5.41, 5.74) is 2.79. The van der Waals surface area contributed by atoms with Gasteiger partial charge in [-0.05, 0) is 24.3 Å². The van der Waals surface area contributed by atoms with Crippen molar-refractivity contribution in [3.05, 3.63) is 78.4 Å². The van der Waals surface area contributed by atoms with E-state index in [1.54, 1.807) is 29.0 Å². The maximum absolute atomic E-state index is 12.2. The molecule has 6 heteroatoms. The molecule has 2 aromatic heterocycles. The molecule has 24 heavy (non-hydrogen) atoms. The number of rotatable bonds is 5. The number of hydrogen-bond acceptors (Lipinski definition) is 3. The van der Waals surface area contributed by atoms with Gasteiger partial charge in [0.2, 0.25) is 0 Å². The van der Waals surface area contributed by atoms with Gasteiger partial charge in [-0.2, -0.15) is 5.10 Å². The van der Waals surface area contributed by atoms with Gasteiger partial charge in [0.25, 0.3) is 0 Å². The third-order valence-electron chi connectivity index (χ3n) is 3.57. The fraction of sp³-hybridized carbons (Fsp3) is 0.167. The molecule has 0 saturated heterocycles. The van der Waals surface area contributed by atoms with Crippen molar-refractivity contribution in [3.8, 4) is 5.69 Å². The average Bonchev–Trinajstić information content (AvgIpc) is 3.10. The minimum atomic E-state index is -0.145. The Labute approximate surface area is 140 Å². The molecule has 0 spiro atoms. The number of pyridine rings is 1. The van der Waals surface area contributed by atoms with E-state index in [1.165, 1.54) is 0 Å². The largest absolute Gasteiger partial charge is 0.332 e. The molecule has 2 amide bonds. The van der Waals surface area contributed by atoms with Crippen LogP contribution < -0.4 is 5.32 Å². The highest BCUT2D eigenvalue weighted by Crippen LogP contribution is 2.09. The zero-order valence-electron chi connectivity index (χ0n) is 13.5. The highest BCUT2D eigenvalue weighted by atomic mass is 16.2. The summed E-state index contributed by atoms with van der Waals surface area (Å²) in [4.78, 5) is 18.0. The number of nitrogens with one attached hydrogen (secondary N) is 1. The molecule has 0 bridgehead atoms. The second-order valence-corrected chi connectivity index (χ2v) is 5.46. The highest BCUT2D eigenvalue weighted by molar-refractivity contribution is 5.73. The van der Waals surface area contributed by atoms with Crippen molar-refractivity contribution in [3.63, 3.8) is 0 Å². The fourth-order valence-corrected chi connectivity index (χ4v) is 2.31. The van der Waals surface area contributed by atoms with Crippen LogP contribution in [0.1, 0.15) is 11.3 Å². The van der Waals surface area contributed by atoms with Crippen LogP contribution in [0, 0.1) is 0 Å². The predicted octanol–water partition coefficient (Wildman–Crippen LogP) is 2.61. The van der Waals surface area contributed by atoms with E-state index in [-0.39, 0.29) is 6.03 Å². The van der Waals surface area contributed by atoms with Crippen molar-refractivity contribution in [2.75, 3.05) is 7.05 Å². The number of urea groups is 1. The van der Waals surface area contributed by atoms with E-state index in [4.69, 9.17) is 0 Å².